The third kappa shape index (κ3) is 19.9. The first kappa shape index (κ1) is 48.6. The van der Waals surface area contributed by atoms with Gasteiger partial charge in [0, 0.05) is 6.42 Å². The fourth-order valence-electron chi connectivity index (χ4n) is 5.04. The van der Waals surface area contributed by atoms with Gasteiger partial charge in [0.25, 0.3) is 0 Å². The molecule has 0 spiro atoms. The third-order valence-corrected chi connectivity index (χ3v) is 8.24. The normalized spacial score (nSPS) is 15.2. The first-order valence-corrected chi connectivity index (χ1v) is 18.2. The van der Waals surface area contributed by atoms with Gasteiger partial charge in [-0.3, -0.25) is 33.6 Å². The van der Waals surface area contributed by atoms with Crippen molar-refractivity contribution in [2.45, 2.75) is 142 Å². The summed E-state index contributed by atoms with van der Waals surface area (Å²) in [4.78, 5) is 101. The molecule has 0 radical (unpaired) electrons. The van der Waals surface area contributed by atoms with Crippen molar-refractivity contribution in [1.29, 1.82) is 0 Å². The van der Waals surface area contributed by atoms with Gasteiger partial charge in [0.15, 0.2) is 0 Å². The average Bonchev–Trinajstić information content (AvgIpc) is 3.07. The van der Waals surface area contributed by atoms with Crippen LogP contribution in [0.4, 0.5) is 0 Å². The molecule has 19 nitrogen and oxygen atoms in total. The van der Waals surface area contributed by atoms with Crippen molar-refractivity contribution in [2.24, 2.45) is 29.0 Å². The Balaban J connectivity index is 5.62. The number of carbonyl (C=O) groups is 8. The first-order chi connectivity index (χ1) is 24.7. The highest BCUT2D eigenvalue weighted by Gasteiger charge is 2.32. The van der Waals surface area contributed by atoms with Crippen molar-refractivity contribution in [1.82, 2.24) is 31.9 Å². The lowest BCUT2D eigenvalue weighted by molar-refractivity contribution is -0.143. The Kier molecular flexibility index (Phi) is 23.5. The van der Waals surface area contributed by atoms with Gasteiger partial charge in [0.1, 0.15) is 36.3 Å². The van der Waals surface area contributed by atoms with Crippen molar-refractivity contribution >= 4 is 47.4 Å². The van der Waals surface area contributed by atoms with E-state index in [2.05, 4.69) is 31.9 Å². The summed E-state index contributed by atoms with van der Waals surface area (Å²) in [6.07, 6.45) is 1.97. The minimum atomic E-state index is -1.51. The predicted molar refractivity (Wildman–Crippen MR) is 196 cm³/mol. The average molecular weight is 758 g/mol. The maximum Gasteiger partial charge on any atom is 0.326 e. The summed E-state index contributed by atoms with van der Waals surface area (Å²) in [6.45, 7) is 10.6. The fourth-order valence-corrected chi connectivity index (χ4v) is 5.04. The van der Waals surface area contributed by atoms with Gasteiger partial charge in [-0.2, -0.15) is 0 Å². The zero-order valence-electron chi connectivity index (χ0n) is 31.9. The van der Waals surface area contributed by atoms with Gasteiger partial charge in [0.2, 0.25) is 35.4 Å². The van der Waals surface area contributed by atoms with Crippen LogP contribution in [0.5, 0.6) is 0 Å². The molecule has 304 valence electrons. The number of nitrogens with two attached hydrogens (primary N) is 3. The van der Waals surface area contributed by atoms with Gasteiger partial charge in [-0.25, -0.2) is 4.79 Å². The summed E-state index contributed by atoms with van der Waals surface area (Å²) < 4.78 is 0. The number of unbranched alkanes of at least 4 members (excludes halogenated alkanes) is 2. The number of rotatable bonds is 27. The molecule has 0 aliphatic heterocycles. The molecule has 6 amide bonds. The molecular formula is C34H63N9O10. The monoisotopic (exact) mass is 757 g/mol. The second-order valence-electron chi connectivity index (χ2n) is 13.9. The summed E-state index contributed by atoms with van der Waals surface area (Å²) in [5, 5.41) is 33.5. The quantitative estimate of drug-likeness (QED) is 0.0412. The van der Waals surface area contributed by atoms with Crippen LogP contribution in [0.1, 0.15) is 99.3 Å². The van der Waals surface area contributed by atoms with Gasteiger partial charge in [-0.15, -0.1) is 0 Å². The molecule has 0 aliphatic carbocycles. The van der Waals surface area contributed by atoms with Crippen molar-refractivity contribution < 1.29 is 48.6 Å². The van der Waals surface area contributed by atoms with E-state index in [4.69, 9.17) is 22.3 Å². The highest BCUT2D eigenvalue weighted by atomic mass is 16.4. The molecule has 0 aromatic heterocycles. The highest BCUT2D eigenvalue weighted by Crippen LogP contribution is 2.10. The summed E-state index contributed by atoms with van der Waals surface area (Å²) >= 11 is 0. The zero-order valence-corrected chi connectivity index (χ0v) is 31.9. The second-order valence-corrected chi connectivity index (χ2v) is 13.9. The zero-order chi connectivity index (χ0) is 40.8. The summed E-state index contributed by atoms with van der Waals surface area (Å²) in [5.74, 6) is -7.32. The Hall–Kier alpha value is -4.36. The molecule has 0 saturated carbocycles. The van der Waals surface area contributed by atoms with Crippen LogP contribution in [-0.4, -0.2) is 113 Å². The topological polar surface area (TPSA) is 327 Å². The number of nitrogens with one attached hydrogen (secondary N) is 6. The number of amides is 6. The third-order valence-electron chi connectivity index (χ3n) is 8.24. The van der Waals surface area contributed by atoms with E-state index in [0.29, 0.717) is 45.2 Å². The second kappa shape index (κ2) is 25.6. The van der Waals surface area contributed by atoms with E-state index in [0.717, 1.165) is 0 Å². The maximum absolute atomic E-state index is 13.5. The minimum Gasteiger partial charge on any atom is -0.481 e. The van der Waals surface area contributed by atoms with Gasteiger partial charge in [0.05, 0.1) is 6.04 Å². The van der Waals surface area contributed by atoms with Crippen LogP contribution in [0.15, 0.2) is 0 Å². The maximum atomic E-state index is 13.5. The van der Waals surface area contributed by atoms with Crippen molar-refractivity contribution in [3.8, 4) is 0 Å². The first-order valence-electron chi connectivity index (χ1n) is 18.2. The Morgan fingerprint density at radius 2 is 1.00 bits per heavy atom. The van der Waals surface area contributed by atoms with Crippen LogP contribution < -0.4 is 49.1 Å². The molecule has 14 N–H and O–H groups in total. The van der Waals surface area contributed by atoms with E-state index in [1.54, 1.807) is 27.7 Å². The number of hydrogen-bond acceptors (Lipinski definition) is 11. The summed E-state index contributed by atoms with van der Waals surface area (Å²) in [6, 6.07) is -8.03. The molecule has 0 saturated heterocycles. The molecule has 0 heterocycles. The number of aliphatic carboxylic acids is 2. The molecule has 7 atom stereocenters. The molecular weight excluding hydrogens is 694 g/mol. The van der Waals surface area contributed by atoms with E-state index in [9.17, 15) is 43.5 Å². The lowest BCUT2D eigenvalue weighted by atomic mass is 10.0. The van der Waals surface area contributed by atoms with E-state index in [1.165, 1.54) is 13.8 Å². The molecule has 0 aromatic carbocycles. The largest absolute Gasteiger partial charge is 0.481 e. The lowest BCUT2D eigenvalue weighted by Crippen LogP contribution is -2.59. The van der Waals surface area contributed by atoms with Crippen molar-refractivity contribution in [3.05, 3.63) is 0 Å². The SMILES string of the molecule is CC(C)C[C@H](NC(=O)[C@H](C)NC(=O)[C@H](C)NC(=O)[C@@H](NC(=O)[C@@H](N)CCCCN)C(C)C)C(=O)N[C@@H](CCCCN)C(=O)N[C@@H](CCC(=O)O)C(=O)O. The Morgan fingerprint density at radius 3 is 1.49 bits per heavy atom. The van der Waals surface area contributed by atoms with Gasteiger partial charge < -0.3 is 59.3 Å². The molecule has 0 bridgehead atoms. The molecule has 0 aliphatic rings. The smallest absolute Gasteiger partial charge is 0.326 e. The molecule has 19 heteroatoms. The van der Waals surface area contributed by atoms with E-state index >= 15 is 0 Å². The van der Waals surface area contributed by atoms with E-state index in [-0.39, 0.29) is 31.1 Å². The van der Waals surface area contributed by atoms with E-state index < -0.39 is 96.1 Å². The Labute approximate surface area is 311 Å². The van der Waals surface area contributed by atoms with Crippen LogP contribution >= 0.6 is 0 Å². The summed E-state index contributed by atoms with van der Waals surface area (Å²) in [5.41, 5.74) is 17.0. The summed E-state index contributed by atoms with van der Waals surface area (Å²) in [7, 11) is 0. The van der Waals surface area contributed by atoms with E-state index in [1.807, 2.05) is 0 Å². The molecule has 53 heavy (non-hydrogen) atoms. The van der Waals surface area contributed by atoms with Gasteiger partial charge in [-0.05, 0) is 83.7 Å². The Morgan fingerprint density at radius 1 is 0.528 bits per heavy atom. The molecule has 0 rings (SSSR count). The predicted octanol–water partition coefficient (Wildman–Crippen LogP) is -1.83. The number of hydrogen-bond donors (Lipinski definition) is 11. The van der Waals surface area contributed by atoms with Crippen LogP contribution in [0.2, 0.25) is 0 Å². The highest BCUT2D eigenvalue weighted by molar-refractivity contribution is 5.96. The Bertz CT molecular complexity index is 1230. The molecule has 0 unspecified atom stereocenters. The van der Waals surface area contributed by atoms with Crippen LogP contribution in [0.25, 0.3) is 0 Å². The van der Waals surface area contributed by atoms with Crippen LogP contribution in [0.3, 0.4) is 0 Å². The number of carbonyl (C=O) groups excluding carboxylic acids is 6. The molecule has 0 fully saturated rings. The van der Waals surface area contributed by atoms with Crippen LogP contribution in [-0.2, 0) is 38.4 Å². The van der Waals surface area contributed by atoms with Crippen LogP contribution in [0, 0.1) is 11.8 Å². The lowest BCUT2D eigenvalue weighted by Gasteiger charge is -2.27. The standard InChI is InChI=1S/C34H63N9O10/c1-18(2)17-25(32(50)40-23(12-8-10-16-36)31(49)41-24(34(52)53)13-14-26(44)45)42-29(47)21(6)38-28(46)20(5)39-33(51)27(19(3)4)43-30(48)22(37)11-7-9-15-35/h18-25,27H,7-17,35-37H2,1-6H3,(H,38,46)(H,39,51)(H,40,50)(H,41,49)(H,42,47)(H,43,48)(H,44,45)(H,52,53)/t20-,21-,22-,23-,24-,25-,27-/m0/s1. The number of carboxylic acid groups (broad SMARTS) is 2. The van der Waals surface area contributed by atoms with Crippen molar-refractivity contribution in [3.63, 3.8) is 0 Å². The van der Waals surface area contributed by atoms with Crippen molar-refractivity contribution in [2.75, 3.05) is 13.1 Å². The molecule has 0 aromatic rings. The fraction of sp³-hybridized carbons (Fsp3) is 0.765. The minimum absolute atomic E-state index is 0.0847. The van der Waals surface area contributed by atoms with Gasteiger partial charge in [-0.1, -0.05) is 34.1 Å². The van der Waals surface area contributed by atoms with Gasteiger partial charge >= 0.3 is 11.9 Å². The number of carboxylic acids is 2.